The van der Waals surface area contributed by atoms with Crippen LogP contribution in [0.25, 0.3) is 10.8 Å². The van der Waals surface area contributed by atoms with Crippen LogP contribution < -0.4 is 0 Å². The van der Waals surface area contributed by atoms with E-state index in [0.717, 1.165) is 10.8 Å². The highest BCUT2D eigenvalue weighted by Gasteiger charge is 2.32. The zero-order chi connectivity index (χ0) is 20.7. The molecule has 2 aromatic heterocycles. The Kier molecular flexibility index (Phi) is 4.87. The van der Waals surface area contributed by atoms with Crippen LogP contribution >= 0.6 is 11.5 Å². The van der Waals surface area contributed by atoms with Gasteiger partial charge in [0.1, 0.15) is 5.82 Å². The average molecular weight is 411 g/mol. The normalized spacial score (nSPS) is 15.9. The van der Waals surface area contributed by atoms with E-state index in [-0.39, 0.29) is 17.9 Å². The molecule has 1 aliphatic rings. The SMILES string of the molecule is Cc1nsc(-c2nnc3n2CCN(C(=O)c2ccc(C(=O)N(C)C)cc2)[C@@H]3C)n1. The Labute approximate surface area is 172 Å². The van der Waals surface area contributed by atoms with Crippen molar-refractivity contribution in [3.05, 3.63) is 47.0 Å². The van der Waals surface area contributed by atoms with Crippen LogP contribution in [0.1, 0.15) is 45.3 Å². The number of benzene rings is 1. The fraction of sp³-hybridized carbons (Fsp3) is 0.368. The van der Waals surface area contributed by atoms with Crippen molar-refractivity contribution in [1.29, 1.82) is 0 Å². The zero-order valence-electron chi connectivity index (χ0n) is 16.7. The van der Waals surface area contributed by atoms with E-state index < -0.39 is 0 Å². The molecule has 0 unspecified atom stereocenters. The number of hydrogen-bond acceptors (Lipinski definition) is 7. The zero-order valence-corrected chi connectivity index (χ0v) is 17.5. The molecule has 0 spiro atoms. The van der Waals surface area contributed by atoms with Crippen molar-refractivity contribution in [3.8, 4) is 10.8 Å². The van der Waals surface area contributed by atoms with Crippen molar-refractivity contribution in [2.45, 2.75) is 26.4 Å². The molecule has 4 rings (SSSR count). The fourth-order valence-corrected chi connectivity index (χ4v) is 4.05. The highest BCUT2D eigenvalue weighted by atomic mass is 32.1. The first-order valence-corrected chi connectivity index (χ1v) is 10.0. The minimum Gasteiger partial charge on any atom is -0.345 e. The minimum absolute atomic E-state index is 0.0936. The first-order chi connectivity index (χ1) is 13.9. The largest absolute Gasteiger partial charge is 0.345 e. The van der Waals surface area contributed by atoms with E-state index in [1.807, 2.05) is 18.4 Å². The van der Waals surface area contributed by atoms with Gasteiger partial charge in [0.05, 0.1) is 6.04 Å². The van der Waals surface area contributed by atoms with Gasteiger partial charge >= 0.3 is 0 Å². The lowest BCUT2D eigenvalue weighted by atomic mass is 10.1. The summed E-state index contributed by atoms with van der Waals surface area (Å²) in [4.78, 5) is 32.8. The number of aryl methyl sites for hydroxylation is 1. The van der Waals surface area contributed by atoms with Gasteiger partial charge in [0.15, 0.2) is 16.7 Å². The highest BCUT2D eigenvalue weighted by Crippen LogP contribution is 2.30. The predicted molar refractivity (Wildman–Crippen MR) is 108 cm³/mol. The molecule has 0 radical (unpaired) electrons. The number of carbonyl (C=O) groups excluding carboxylic acids is 2. The van der Waals surface area contributed by atoms with E-state index in [2.05, 4.69) is 19.6 Å². The summed E-state index contributed by atoms with van der Waals surface area (Å²) in [6, 6.07) is 6.53. The van der Waals surface area contributed by atoms with Gasteiger partial charge < -0.3 is 14.4 Å². The summed E-state index contributed by atoms with van der Waals surface area (Å²) in [5, 5.41) is 9.33. The van der Waals surface area contributed by atoms with Crippen LogP contribution in [-0.4, -0.2) is 66.4 Å². The number of rotatable bonds is 3. The molecule has 0 N–H and O–H groups in total. The highest BCUT2D eigenvalue weighted by molar-refractivity contribution is 7.09. The van der Waals surface area contributed by atoms with Crippen LogP contribution in [0.15, 0.2) is 24.3 Å². The molecule has 0 fully saturated rings. The van der Waals surface area contributed by atoms with E-state index in [9.17, 15) is 9.59 Å². The Hall–Kier alpha value is -3.14. The smallest absolute Gasteiger partial charge is 0.254 e. The molecular formula is C19H21N7O2S. The average Bonchev–Trinajstić information content (AvgIpc) is 3.33. The second-order valence-corrected chi connectivity index (χ2v) is 7.88. The van der Waals surface area contributed by atoms with Crippen LogP contribution in [0.4, 0.5) is 0 Å². The molecule has 150 valence electrons. The molecule has 0 saturated heterocycles. The van der Waals surface area contributed by atoms with Gasteiger partial charge in [-0.25, -0.2) is 4.98 Å². The molecule has 0 bridgehead atoms. The predicted octanol–water partition coefficient (Wildman–Crippen LogP) is 2.02. The Bertz CT molecular complexity index is 1070. The van der Waals surface area contributed by atoms with Crippen molar-refractivity contribution < 1.29 is 9.59 Å². The Morgan fingerprint density at radius 1 is 1.10 bits per heavy atom. The molecular weight excluding hydrogens is 390 g/mol. The topological polar surface area (TPSA) is 97.1 Å². The lowest BCUT2D eigenvalue weighted by Gasteiger charge is -2.33. The maximum atomic E-state index is 13.1. The number of fused-ring (bicyclic) bond motifs is 1. The number of amides is 2. The van der Waals surface area contributed by atoms with Gasteiger partial charge in [-0.1, -0.05) is 0 Å². The molecule has 10 heteroatoms. The number of hydrogen-bond donors (Lipinski definition) is 0. The van der Waals surface area contributed by atoms with Crippen molar-refractivity contribution in [2.24, 2.45) is 0 Å². The van der Waals surface area contributed by atoms with Crippen molar-refractivity contribution in [3.63, 3.8) is 0 Å². The summed E-state index contributed by atoms with van der Waals surface area (Å²) in [7, 11) is 3.40. The van der Waals surface area contributed by atoms with Crippen molar-refractivity contribution >= 4 is 23.3 Å². The van der Waals surface area contributed by atoms with Crippen LogP contribution in [0, 0.1) is 6.92 Å². The molecule has 1 atom stereocenters. The second kappa shape index (κ2) is 7.36. The van der Waals surface area contributed by atoms with Gasteiger partial charge in [-0.15, -0.1) is 10.2 Å². The summed E-state index contributed by atoms with van der Waals surface area (Å²) in [6.45, 7) is 4.91. The van der Waals surface area contributed by atoms with Crippen molar-refractivity contribution in [1.82, 2.24) is 33.9 Å². The van der Waals surface area contributed by atoms with Crippen LogP contribution in [0.3, 0.4) is 0 Å². The molecule has 1 aliphatic heterocycles. The van der Waals surface area contributed by atoms with Crippen LogP contribution in [0.2, 0.25) is 0 Å². The maximum Gasteiger partial charge on any atom is 0.254 e. The third kappa shape index (κ3) is 3.39. The number of aromatic nitrogens is 5. The van der Waals surface area contributed by atoms with Gasteiger partial charge in [-0.05, 0) is 49.6 Å². The Morgan fingerprint density at radius 3 is 2.41 bits per heavy atom. The summed E-state index contributed by atoms with van der Waals surface area (Å²) in [6.07, 6.45) is 0. The molecule has 2 amide bonds. The maximum absolute atomic E-state index is 13.1. The molecule has 3 aromatic rings. The second-order valence-electron chi connectivity index (χ2n) is 7.13. The standard InChI is InChI=1S/C19H21N7O2S/c1-11-15-21-22-16(17-20-12(2)23-29-17)26(15)10-9-25(11)19(28)14-7-5-13(6-8-14)18(27)24(3)4/h5-8,11H,9-10H2,1-4H3/t11-/m1/s1. The first kappa shape index (κ1) is 19.2. The minimum atomic E-state index is -0.227. The molecule has 0 aliphatic carbocycles. The summed E-state index contributed by atoms with van der Waals surface area (Å²) < 4.78 is 6.22. The third-order valence-electron chi connectivity index (χ3n) is 4.95. The number of carbonyl (C=O) groups is 2. The van der Waals surface area contributed by atoms with Gasteiger partial charge in [-0.2, -0.15) is 4.37 Å². The first-order valence-electron chi connectivity index (χ1n) is 9.23. The third-order valence-corrected chi connectivity index (χ3v) is 5.75. The van der Waals surface area contributed by atoms with E-state index in [4.69, 9.17) is 0 Å². The number of nitrogens with zero attached hydrogens (tertiary/aromatic N) is 7. The molecule has 9 nitrogen and oxygen atoms in total. The monoisotopic (exact) mass is 411 g/mol. The van der Waals surface area contributed by atoms with Gasteiger partial charge in [0.2, 0.25) is 0 Å². The lowest BCUT2D eigenvalue weighted by Crippen LogP contribution is -2.41. The van der Waals surface area contributed by atoms with Crippen LogP contribution in [-0.2, 0) is 6.54 Å². The summed E-state index contributed by atoms with van der Waals surface area (Å²) in [5.74, 6) is 1.94. The van der Waals surface area contributed by atoms with Gasteiger partial charge in [0.25, 0.3) is 11.8 Å². The summed E-state index contributed by atoms with van der Waals surface area (Å²) >= 11 is 1.29. The van der Waals surface area contributed by atoms with E-state index in [0.29, 0.717) is 35.9 Å². The molecule has 1 aromatic carbocycles. The van der Waals surface area contributed by atoms with E-state index in [1.165, 1.54) is 16.4 Å². The van der Waals surface area contributed by atoms with E-state index >= 15 is 0 Å². The Morgan fingerprint density at radius 2 is 1.79 bits per heavy atom. The Balaban J connectivity index is 1.56. The molecule has 3 heterocycles. The lowest BCUT2D eigenvalue weighted by molar-refractivity contribution is 0.0637. The van der Waals surface area contributed by atoms with Crippen LogP contribution in [0.5, 0.6) is 0 Å². The van der Waals surface area contributed by atoms with Crippen molar-refractivity contribution in [2.75, 3.05) is 20.6 Å². The fourth-order valence-electron chi connectivity index (χ4n) is 3.39. The summed E-state index contributed by atoms with van der Waals surface area (Å²) in [5.41, 5.74) is 1.09. The molecule has 0 saturated carbocycles. The van der Waals surface area contributed by atoms with E-state index in [1.54, 1.807) is 43.3 Å². The molecule has 29 heavy (non-hydrogen) atoms. The van der Waals surface area contributed by atoms with Gasteiger partial charge in [0, 0.05) is 38.3 Å². The van der Waals surface area contributed by atoms with Gasteiger partial charge in [-0.3, -0.25) is 9.59 Å². The quantitative estimate of drug-likeness (QED) is 0.654.